The van der Waals surface area contributed by atoms with Gasteiger partial charge in [0.25, 0.3) is 0 Å². The zero-order valence-corrected chi connectivity index (χ0v) is 11.6. The van der Waals surface area contributed by atoms with Crippen LogP contribution in [0.2, 0.25) is 0 Å². The topological polar surface area (TPSA) is 38.2 Å². The molecule has 0 aromatic carbocycles. The Morgan fingerprint density at radius 1 is 1.28 bits per heavy atom. The van der Waals surface area contributed by atoms with Crippen molar-refractivity contribution in [2.24, 2.45) is 0 Å². The second kappa shape index (κ2) is 5.76. The van der Waals surface area contributed by atoms with Crippen molar-refractivity contribution < 1.29 is 4.74 Å². The van der Waals surface area contributed by atoms with Crippen LogP contribution < -0.4 is 0 Å². The molecule has 18 heavy (non-hydrogen) atoms. The molecule has 0 saturated carbocycles. The predicted molar refractivity (Wildman–Crippen MR) is 71.3 cm³/mol. The monoisotopic (exact) mass is 249 g/mol. The zero-order chi connectivity index (χ0) is 13.0. The van der Waals surface area contributed by atoms with E-state index in [-0.39, 0.29) is 5.60 Å². The van der Waals surface area contributed by atoms with E-state index in [1.54, 1.807) is 0 Å². The fourth-order valence-electron chi connectivity index (χ4n) is 2.47. The van der Waals surface area contributed by atoms with Crippen LogP contribution >= 0.6 is 0 Å². The molecular weight excluding hydrogens is 226 g/mol. The van der Waals surface area contributed by atoms with E-state index in [9.17, 15) is 0 Å². The molecule has 4 heteroatoms. The average Bonchev–Trinajstić information content (AvgIpc) is 2.41. The number of nitrogens with zero attached hydrogens (tertiary/aromatic N) is 3. The van der Waals surface area contributed by atoms with Crippen LogP contribution in [0.15, 0.2) is 12.4 Å². The van der Waals surface area contributed by atoms with Gasteiger partial charge in [0.1, 0.15) is 0 Å². The van der Waals surface area contributed by atoms with Crippen LogP contribution in [0.4, 0.5) is 0 Å². The number of rotatable bonds is 4. The first-order valence-corrected chi connectivity index (χ1v) is 6.81. The first-order chi connectivity index (χ1) is 8.67. The summed E-state index contributed by atoms with van der Waals surface area (Å²) in [7, 11) is 0. The fraction of sp³-hybridized carbons (Fsp3) is 0.714. The third kappa shape index (κ3) is 3.06. The van der Waals surface area contributed by atoms with Crippen molar-refractivity contribution in [3.05, 3.63) is 23.8 Å². The predicted octanol–water partition coefficient (Wildman–Crippen LogP) is 2.18. The van der Waals surface area contributed by atoms with Gasteiger partial charge in [-0.3, -0.25) is 14.9 Å². The third-order valence-electron chi connectivity index (χ3n) is 3.84. The highest BCUT2D eigenvalue weighted by Crippen LogP contribution is 2.25. The Morgan fingerprint density at radius 3 is 2.67 bits per heavy atom. The van der Waals surface area contributed by atoms with Gasteiger partial charge < -0.3 is 4.74 Å². The molecule has 1 fully saturated rings. The standard InChI is InChI=1S/C14H23N3O/c1-4-14(5-2)11-17(6-7-18-14)10-13-9-15-12(3)8-16-13/h8-9H,4-7,10-11H2,1-3H3. The number of morpholine rings is 1. The second-order valence-electron chi connectivity index (χ2n) is 5.10. The molecule has 0 aliphatic carbocycles. The highest BCUT2D eigenvalue weighted by atomic mass is 16.5. The maximum atomic E-state index is 5.97. The van der Waals surface area contributed by atoms with Crippen LogP contribution in [0.1, 0.15) is 38.1 Å². The largest absolute Gasteiger partial charge is 0.372 e. The molecule has 0 atom stereocenters. The van der Waals surface area contributed by atoms with E-state index in [2.05, 4.69) is 28.7 Å². The number of hydrogen-bond acceptors (Lipinski definition) is 4. The van der Waals surface area contributed by atoms with Crippen LogP contribution in [0, 0.1) is 6.92 Å². The Hall–Kier alpha value is -1.00. The number of aromatic nitrogens is 2. The van der Waals surface area contributed by atoms with Crippen molar-refractivity contribution >= 4 is 0 Å². The lowest BCUT2D eigenvalue weighted by atomic mass is 9.95. The summed E-state index contributed by atoms with van der Waals surface area (Å²) in [5.74, 6) is 0. The third-order valence-corrected chi connectivity index (χ3v) is 3.84. The maximum Gasteiger partial charge on any atom is 0.0804 e. The quantitative estimate of drug-likeness (QED) is 0.819. The Morgan fingerprint density at radius 2 is 2.06 bits per heavy atom. The number of ether oxygens (including phenoxy) is 1. The molecular formula is C14H23N3O. The molecule has 100 valence electrons. The van der Waals surface area contributed by atoms with Crippen LogP contribution in [-0.4, -0.2) is 40.2 Å². The van der Waals surface area contributed by atoms with E-state index >= 15 is 0 Å². The normalized spacial score (nSPS) is 19.9. The van der Waals surface area contributed by atoms with Gasteiger partial charge in [-0.1, -0.05) is 13.8 Å². The highest BCUT2D eigenvalue weighted by molar-refractivity contribution is 5.01. The van der Waals surface area contributed by atoms with Gasteiger partial charge in [-0.25, -0.2) is 0 Å². The lowest BCUT2D eigenvalue weighted by Gasteiger charge is -2.41. The Labute approximate surface area is 109 Å². The molecule has 1 aromatic rings. The Kier molecular flexibility index (Phi) is 4.30. The van der Waals surface area contributed by atoms with Crippen molar-refractivity contribution in [2.45, 2.75) is 45.8 Å². The maximum absolute atomic E-state index is 5.97. The van der Waals surface area contributed by atoms with Crippen LogP contribution in [-0.2, 0) is 11.3 Å². The first kappa shape index (κ1) is 13.4. The molecule has 0 spiro atoms. The van der Waals surface area contributed by atoms with Crippen molar-refractivity contribution in [3.63, 3.8) is 0 Å². The van der Waals surface area contributed by atoms with Gasteiger partial charge in [-0.2, -0.15) is 0 Å². The smallest absolute Gasteiger partial charge is 0.0804 e. The van der Waals surface area contributed by atoms with E-state index in [1.807, 2.05) is 19.3 Å². The zero-order valence-electron chi connectivity index (χ0n) is 11.6. The van der Waals surface area contributed by atoms with Crippen molar-refractivity contribution in [1.82, 2.24) is 14.9 Å². The van der Waals surface area contributed by atoms with E-state index < -0.39 is 0 Å². The van der Waals surface area contributed by atoms with Gasteiger partial charge in [-0.05, 0) is 19.8 Å². The summed E-state index contributed by atoms with van der Waals surface area (Å²) in [6, 6.07) is 0. The highest BCUT2D eigenvalue weighted by Gasteiger charge is 2.33. The molecule has 2 rings (SSSR count). The van der Waals surface area contributed by atoms with E-state index in [1.165, 1.54) is 0 Å². The van der Waals surface area contributed by atoms with Gasteiger partial charge in [0, 0.05) is 32.0 Å². The molecule has 1 aliphatic rings. The second-order valence-corrected chi connectivity index (χ2v) is 5.10. The molecule has 2 heterocycles. The molecule has 1 aromatic heterocycles. The van der Waals surface area contributed by atoms with Gasteiger partial charge >= 0.3 is 0 Å². The van der Waals surface area contributed by atoms with E-state index in [0.29, 0.717) is 0 Å². The molecule has 0 N–H and O–H groups in total. The summed E-state index contributed by atoms with van der Waals surface area (Å²) < 4.78 is 5.97. The summed E-state index contributed by atoms with van der Waals surface area (Å²) in [6.07, 6.45) is 5.85. The SMILES string of the molecule is CCC1(CC)CN(Cc2cnc(C)cn2)CCO1. The van der Waals surface area contributed by atoms with Crippen molar-refractivity contribution in [2.75, 3.05) is 19.7 Å². The van der Waals surface area contributed by atoms with Crippen LogP contribution in [0.3, 0.4) is 0 Å². The molecule has 0 radical (unpaired) electrons. The average molecular weight is 249 g/mol. The van der Waals surface area contributed by atoms with E-state index in [0.717, 1.165) is 50.5 Å². The minimum absolute atomic E-state index is 0.0381. The molecule has 1 saturated heterocycles. The number of hydrogen-bond donors (Lipinski definition) is 0. The molecule has 0 amide bonds. The Bertz CT molecular complexity index is 373. The summed E-state index contributed by atoms with van der Waals surface area (Å²) in [6.45, 7) is 10.0. The number of aryl methyl sites for hydroxylation is 1. The Balaban J connectivity index is 1.99. The summed E-state index contributed by atoms with van der Waals surface area (Å²) >= 11 is 0. The van der Waals surface area contributed by atoms with E-state index in [4.69, 9.17) is 4.74 Å². The molecule has 0 bridgehead atoms. The van der Waals surface area contributed by atoms with Crippen molar-refractivity contribution in [3.8, 4) is 0 Å². The van der Waals surface area contributed by atoms with Gasteiger partial charge in [0.2, 0.25) is 0 Å². The molecule has 4 nitrogen and oxygen atoms in total. The summed E-state index contributed by atoms with van der Waals surface area (Å²) in [5.41, 5.74) is 2.05. The lowest BCUT2D eigenvalue weighted by molar-refractivity contribution is -0.115. The fourth-order valence-corrected chi connectivity index (χ4v) is 2.47. The van der Waals surface area contributed by atoms with Crippen LogP contribution in [0.25, 0.3) is 0 Å². The molecule has 0 unspecified atom stereocenters. The minimum Gasteiger partial charge on any atom is -0.372 e. The van der Waals surface area contributed by atoms with Crippen molar-refractivity contribution in [1.29, 1.82) is 0 Å². The van der Waals surface area contributed by atoms with Gasteiger partial charge in [0.15, 0.2) is 0 Å². The summed E-state index contributed by atoms with van der Waals surface area (Å²) in [4.78, 5) is 11.2. The van der Waals surface area contributed by atoms with Crippen LogP contribution in [0.5, 0.6) is 0 Å². The minimum atomic E-state index is 0.0381. The summed E-state index contributed by atoms with van der Waals surface area (Å²) in [5, 5.41) is 0. The molecule has 1 aliphatic heterocycles. The first-order valence-electron chi connectivity index (χ1n) is 6.81. The van der Waals surface area contributed by atoms with Gasteiger partial charge in [0.05, 0.1) is 23.6 Å². The lowest BCUT2D eigenvalue weighted by Crippen LogP contribution is -2.50. The van der Waals surface area contributed by atoms with Gasteiger partial charge in [-0.15, -0.1) is 0 Å².